The predicted molar refractivity (Wildman–Crippen MR) is 112 cm³/mol. The van der Waals surface area contributed by atoms with E-state index in [1.807, 2.05) is 45.0 Å². The highest BCUT2D eigenvalue weighted by Crippen LogP contribution is 2.32. The Labute approximate surface area is 171 Å². The third kappa shape index (κ3) is 5.20. The summed E-state index contributed by atoms with van der Waals surface area (Å²) < 4.78 is 36.9. The molecule has 0 aliphatic carbocycles. The number of hydrogen-bond donors (Lipinski definition) is 1. The van der Waals surface area contributed by atoms with Gasteiger partial charge in [-0.25, -0.2) is 8.42 Å². The van der Waals surface area contributed by atoms with Gasteiger partial charge in [-0.2, -0.15) is 0 Å². The first-order valence-electron chi connectivity index (χ1n) is 9.38. The van der Waals surface area contributed by atoms with Crippen LogP contribution in [0.25, 0.3) is 0 Å². The quantitative estimate of drug-likeness (QED) is 0.780. The standard InChI is InChI=1S/C21H26N2O5S/c1-14-9-15(2)11-18(10-14)23(29(4,25)26)13-21(24)22-16(3)17-5-6-19-20(12-17)28-8-7-27-19/h5-6,9-12,16H,7-8,13H2,1-4H3,(H,22,24)/t16-/m1/s1. The SMILES string of the molecule is Cc1cc(C)cc(N(CC(=O)N[C@H](C)c2ccc3c(c2)OCCO3)S(C)(=O)=O)c1. The van der Waals surface area contributed by atoms with Crippen molar-refractivity contribution < 1.29 is 22.7 Å². The van der Waals surface area contributed by atoms with Crippen molar-refractivity contribution in [3.05, 3.63) is 53.1 Å². The normalized spacial score (nSPS) is 14.2. The van der Waals surface area contributed by atoms with E-state index >= 15 is 0 Å². The zero-order valence-corrected chi connectivity index (χ0v) is 17.9. The number of nitrogens with one attached hydrogen (secondary N) is 1. The third-order valence-electron chi connectivity index (χ3n) is 4.63. The molecule has 0 saturated carbocycles. The molecule has 0 spiro atoms. The van der Waals surface area contributed by atoms with E-state index in [0.717, 1.165) is 27.3 Å². The molecule has 0 aromatic heterocycles. The first-order chi connectivity index (χ1) is 13.6. The number of carbonyl (C=O) groups is 1. The van der Waals surface area contributed by atoms with Crippen molar-refractivity contribution in [1.82, 2.24) is 5.32 Å². The zero-order chi connectivity index (χ0) is 21.2. The number of anilines is 1. The summed E-state index contributed by atoms with van der Waals surface area (Å²) in [6.45, 7) is 6.32. The van der Waals surface area contributed by atoms with Gasteiger partial charge in [0.2, 0.25) is 15.9 Å². The van der Waals surface area contributed by atoms with Gasteiger partial charge in [-0.15, -0.1) is 0 Å². The molecule has 1 amide bonds. The topological polar surface area (TPSA) is 84.9 Å². The molecule has 29 heavy (non-hydrogen) atoms. The molecular formula is C21H26N2O5S. The molecule has 0 radical (unpaired) electrons. The maximum atomic E-state index is 12.6. The van der Waals surface area contributed by atoms with Gasteiger partial charge in [0.15, 0.2) is 11.5 Å². The number of carbonyl (C=O) groups excluding carboxylic acids is 1. The molecule has 1 aliphatic rings. The summed E-state index contributed by atoms with van der Waals surface area (Å²) in [6, 6.07) is 10.6. The molecular weight excluding hydrogens is 392 g/mol. The van der Waals surface area contributed by atoms with Crippen molar-refractivity contribution in [1.29, 1.82) is 0 Å². The van der Waals surface area contributed by atoms with Crippen molar-refractivity contribution in [3.8, 4) is 11.5 Å². The molecule has 1 aliphatic heterocycles. The largest absolute Gasteiger partial charge is 0.486 e. The Hall–Kier alpha value is -2.74. The molecule has 1 heterocycles. The van der Waals surface area contributed by atoms with E-state index < -0.39 is 15.9 Å². The van der Waals surface area contributed by atoms with E-state index in [2.05, 4.69) is 5.32 Å². The van der Waals surface area contributed by atoms with Gasteiger partial charge in [-0.05, 0) is 61.7 Å². The zero-order valence-electron chi connectivity index (χ0n) is 17.1. The number of nitrogens with zero attached hydrogens (tertiary/aromatic N) is 1. The van der Waals surface area contributed by atoms with Crippen LogP contribution in [0.15, 0.2) is 36.4 Å². The fraction of sp³-hybridized carbons (Fsp3) is 0.381. The molecule has 2 aromatic rings. The van der Waals surface area contributed by atoms with Gasteiger partial charge >= 0.3 is 0 Å². The molecule has 156 valence electrons. The average molecular weight is 419 g/mol. The van der Waals surface area contributed by atoms with Crippen LogP contribution in [0, 0.1) is 13.8 Å². The molecule has 3 rings (SSSR count). The highest BCUT2D eigenvalue weighted by Gasteiger charge is 2.23. The fourth-order valence-electron chi connectivity index (χ4n) is 3.32. The lowest BCUT2D eigenvalue weighted by atomic mass is 10.1. The number of benzene rings is 2. The maximum Gasteiger partial charge on any atom is 0.241 e. The van der Waals surface area contributed by atoms with Crippen LogP contribution < -0.4 is 19.1 Å². The van der Waals surface area contributed by atoms with Gasteiger partial charge < -0.3 is 14.8 Å². The van der Waals surface area contributed by atoms with Crippen LogP contribution in [0.4, 0.5) is 5.69 Å². The second kappa shape index (κ2) is 8.32. The number of ether oxygens (including phenoxy) is 2. The highest BCUT2D eigenvalue weighted by molar-refractivity contribution is 7.92. The summed E-state index contributed by atoms with van der Waals surface area (Å²) in [7, 11) is -3.62. The van der Waals surface area contributed by atoms with Crippen LogP contribution in [-0.2, 0) is 14.8 Å². The fourth-order valence-corrected chi connectivity index (χ4v) is 4.16. The highest BCUT2D eigenvalue weighted by atomic mass is 32.2. The van der Waals surface area contributed by atoms with E-state index in [-0.39, 0.29) is 12.6 Å². The first-order valence-corrected chi connectivity index (χ1v) is 11.2. The smallest absolute Gasteiger partial charge is 0.241 e. The summed E-state index contributed by atoms with van der Waals surface area (Å²) in [5.74, 6) is 0.927. The van der Waals surface area contributed by atoms with Crippen LogP contribution in [0.5, 0.6) is 11.5 Å². The minimum Gasteiger partial charge on any atom is -0.486 e. The predicted octanol–water partition coefficient (Wildman–Crippen LogP) is 2.72. The van der Waals surface area contributed by atoms with Crippen LogP contribution in [0.3, 0.4) is 0 Å². The molecule has 0 unspecified atom stereocenters. The van der Waals surface area contributed by atoms with E-state index in [9.17, 15) is 13.2 Å². The third-order valence-corrected chi connectivity index (χ3v) is 5.77. The van der Waals surface area contributed by atoms with Crippen molar-refractivity contribution >= 4 is 21.6 Å². The summed E-state index contributed by atoms with van der Waals surface area (Å²) in [6.07, 6.45) is 1.10. The van der Waals surface area contributed by atoms with E-state index in [1.54, 1.807) is 12.1 Å². The number of amides is 1. The van der Waals surface area contributed by atoms with Crippen LogP contribution >= 0.6 is 0 Å². The second-order valence-electron chi connectivity index (χ2n) is 7.31. The van der Waals surface area contributed by atoms with Gasteiger partial charge in [0, 0.05) is 0 Å². The molecule has 0 fully saturated rings. The second-order valence-corrected chi connectivity index (χ2v) is 9.21. The molecule has 0 bridgehead atoms. The molecule has 1 N–H and O–H groups in total. The lowest BCUT2D eigenvalue weighted by Gasteiger charge is -2.24. The van der Waals surface area contributed by atoms with Gasteiger partial charge in [0.25, 0.3) is 0 Å². The number of aryl methyl sites for hydroxylation is 2. The lowest BCUT2D eigenvalue weighted by Crippen LogP contribution is -2.41. The van der Waals surface area contributed by atoms with Gasteiger partial charge in [-0.1, -0.05) is 12.1 Å². The Bertz CT molecular complexity index is 999. The van der Waals surface area contributed by atoms with Crippen molar-refractivity contribution in [2.24, 2.45) is 0 Å². The van der Waals surface area contributed by atoms with Crippen LogP contribution in [-0.4, -0.2) is 40.3 Å². The Balaban J connectivity index is 1.75. The molecule has 1 atom stereocenters. The monoisotopic (exact) mass is 418 g/mol. The number of sulfonamides is 1. The number of hydrogen-bond acceptors (Lipinski definition) is 5. The lowest BCUT2D eigenvalue weighted by molar-refractivity contribution is -0.120. The Morgan fingerprint density at radius 3 is 2.31 bits per heavy atom. The Morgan fingerprint density at radius 1 is 1.07 bits per heavy atom. The minimum atomic E-state index is -3.62. The summed E-state index contributed by atoms with van der Waals surface area (Å²) >= 11 is 0. The summed E-state index contributed by atoms with van der Waals surface area (Å²) in [5, 5.41) is 2.86. The molecule has 0 saturated heterocycles. The van der Waals surface area contributed by atoms with Crippen molar-refractivity contribution in [2.45, 2.75) is 26.8 Å². The van der Waals surface area contributed by atoms with E-state index in [4.69, 9.17) is 9.47 Å². The minimum absolute atomic E-state index is 0.295. The van der Waals surface area contributed by atoms with E-state index in [0.29, 0.717) is 30.4 Å². The van der Waals surface area contributed by atoms with Gasteiger partial charge in [0.1, 0.15) is 19.8 Å². The number of fused-ring (bicyclic) bond motifs is 1. The summed E-state index contributed by atoms with van der Waals surface area (Å²) in [5.41, 5.74) is 3.18. The number of rotatable bonds is 6. The molecule has 8 heteroatoms. The van der Waals surface area contributed by atoms with Gasteiger partial charge in [0.05, 0.1) is 18.0 Å². The maximum absolute atomic E-state index is 12.6. The summed E-state index contributed by atoms with van der Waals surface area (Å²) in [4.78, 5) is 12.6. The van der Waals surface area contributed by atoms with Gasteiger partial charge in [-0.3, -0.25) is 9.10 Å². The molecule has 2 aromatic carbocycles. The average Bonchev–Trinajstić information content (AvgIpc) is 2.64. The Morgan fingerprint density at radius 2 is 1.69 bits per heavy atom. The van der Waals surface area contributed by atoms with E-state index in [1.165, 1.54) is 0 Å². The Kier molecular flexibility index (Phi) is 6.02. The van der Waals surface area contributed by atoms with Crippen LogP contribution in [0.2, 0.25) is 0 Å². The van der Waals surface area contributed by atoms with Crippen LogP contribution in [0.1, 0.15) is 29.7 Å². The molecule has 7 nitrogen and oxygen atoms in total. The first kappa shape index (κ1) is 21.0. The van der Waals surface area contributed by atoms with Crippen molar-refractivity contribution in [2.75, 3.05) is 30.3 Å². The van der Waals surface area contributed by atoms with Crippen molar-refractivity contribution in [3.63, 3.8) is 0 Å².